The fourth-order valence-electron chi connectivity index (χ4n) is 0.974. The molecule has 3 nitrogen and oxygen atoms in total. The summed E-state index contributed by atoms with van der Waals surface area (Å²) in [6, 6.07) is 4.74. The number of nitrogens with zero attached hydrogens (tertiary/aromatic N) is 1. The van der Waals surface area contributed by atoms with E-state index >= 15 is 0 Å². The molecule has 0 spiro atoms. The van der Waals surface area contributed by atoms with Crippen molar-refractivity contribution in [1.29, 1.82) is 5.26 Å². The molecule has 14 heavy (non-hydrogen) atoms. The van der Waals surface area contributed by atoms with Crippen molar-refractivity contribution in [3.63, 3.8) is 0 Å². The number of rotatable bonds is 2. The van der Waals surface area contributed by atoms with Crippen LogP contribution in [0.15, 0.2) is 17.0 Å². The molecule has 0 aliphatic rings. The van der Waals surface area contributed by atoms with Gasteiger partial charge in [-0.25, -0.2) is 4.79 Å². The van der Waals surface area contributed by atoms with Gasteiger partial charge in [0, 0.05) is 4.90 Å². The van der Waals surface area contributed by atoms with Gasteiger partial charge in [0.15, 0.2) is 0 Å². The molecule has 5 heteroatoms. The Morgan fingerprint density at radius 2 is 2.29 bits per heavy atom. The van der Waals surface area contributed by atoms with Crippen molar-refractivity contribution in [2.24, 2.45) is 0 Å². The highest BCUT2D eigenvalue weighted by atomic mass is 35.5. The molecule has 0 aliphatic heterocycles. The van der Waals surface area contributed by atoms with Crippen molar-refractivity contribution in [1.82, 2.24) is 0 Å². The third-order valence-corrected chi connectivity index (χ3v) is 2.73. The van der Waals surface area contributed by atoms with Crippen LogP contribution < -0.4 is 0 Å². The van der Waals surface area contributed by atoms with E-state index in [2.05, 4.69) is 0 Å². The third-order valence-electron chi connectivity index (χ3n) is 1.64. The maximum Gasteiger partial charge on any atom is 0.337 e. The highest BCUT2D eigenvalue weighted by Crippen LogP contribution is 2.27. The van der Waals surface area contributed by atoms with Gasteiger partial charge in [-0.05, 0) is 18.4 Å². The van der Waals surface area contributed by atoms with Gasteiger partial charge in [0.25, 0.3) is 0 Å². The molecule has 0 bridgehead atoms. The van der Waals surface area contributed by atoms with Crippen LogP contribution in [-0.2, 0) is 0 Å². The Morgan fingerprint density at radius 3 is 2.71 bits per heavy atom. The summed E-state index contributed by atoms with van der Waals surface area (Å²) >= 11 is 7.01. The summed E-state index contributed by atoms with van der Waals surface area (Å²) in [5.41, 5.74) is 0.419. The van der Waals surface area contributed by atoms with Gasteiger partial charge in [-0.1, -0.05) is 11.6 Å². The average molecular weight is 228 g/mol. The SMILES string of the molecule is CSc1cc(C(=O)O)c(Cl)cc1C#N. The lowest BCUT2D eigenvalue weighted by atomic mass is 10.1. The molecule has 0 heterocycles. The first-order valence-electron chi connectivity index (χ1n) is 3.61. The highest BCUT2D eigenvalue weighted by Gasteiger charge is 2.12. The van der Waals surface area contributed by atoms with Gasteiger partial charge >= 0.3 is 5.97 Å². The minimum atomic E-state index is -1.09. The zero-order valence-corrected chi connectivity index (χ0v) is 8.82. The van der Waals surface area contributed by atoms with Gasteiger partial charge in [-0.3, -0.25) is 0 Å². The number of carbonyl (C=O) groups is 1. The van der Waals surface area contributed by atoms with E-state index in [0.29, 0.717) is 10.5 Å². The normalized spacial score (nSPS) is 9.50. The van der Waals surface area contributed by atoms with E-state index in [1.807, 2.05) is 6.07 Å². The van der Waals surface area contributed by atoms with Crippen molar-refractivity contribution >= 4 is 29.3 Å². The van der Waals surface area contributed by atoms with E-state index in [0.717, 1.165) is 0 Å². The first-order chi connectivity index (χ1) is 6.60. The molecule has 1 rings (SSSR count). The zero-order valence-electron chi connectivity index (χ0n) is 7.24. The van der Waals surface area contributed by atoms with E-state index < -0.39 is 5.97 Å². The quantitative estimate of drug-likeness (QED) is 0.789. The van der Waals surface area contributed by atoms with Gasteiger partial charge < -0.3 is 5.11 Å². The molecule has 1 aromatic carbocycles. The van der Waals surface area contributed by atoms with Crippen molar-refractivity contribution in [2.75, 3.05) is 6.26 Å². The minimum absolute atomic E-state index is 0.0232. The van der Waals surface area contributed by atoms with Crippen LogP contribution in [0, 0.1) is 11.3 Å². The van der Waals surface area contributed by atoms with Crippen LogP contribution >= 0.6 is 23.4 Å². The van der Waals surface area contributed by atoms with Crippen LogP contribution in [0.2, 0.25) is 5.02 Å². The largest absolute Gasteiger partial charge is 0.478 e. The van der Waals surface area contributed by atoms with Crippen LogP contribution in [0.1, 0.15) is 15.9 Å². The van der Waals surface area contributed by atoms with Crippen molar-refractivity contribution < 1.29 is 9.90 Å². The Kier molecular flexibility index (Phi) is 3.39. The Labute approximate surface area is 90.3 Å². The number of nitriles is 1. The predicted molar refractivity (Wildman–Crippen MR) is 54.9 cm³/mol. The average Bonchev–Trinajstić information content (AvgIpc) is 2.16. The number of thioether (sulfide) groups is 1. The lowest BCUT2D eigenvalue weighted by Crippen LogP contribution is -1.98. The summed E-state index contributed by atoms with van der Waals surface area (Å²) in [6.45, 7) is 0. The molecule has 1 N–H and O–H groups in total. The highest BCUT2D eigenvalue weighted by molar-refractivity contribution is 7.98. The van der Waals surface area contributed by atoms with Gasteiger partial charge in [0.1, 0.15) is 6.07 Å². The summed E-state index contributed by atoms with van der Waals surface area (Å²) < 4.78 is 0. The van der Waals surface area contributed by atoms with Crippen molar-refractivity contribution in [3.8, 4) is 6.07 Å². The number of hydrogen-bond acceptors (Lipinski definition) is 3. The maximum atomic E-state index is 10.7. The van der Waals surface area contributed by atoms with Gasteiger partial charge in [0.05, 0.1) is 16.1 Å². The smallest absolute Gasteiger partial charge is 0.337 e. The van der Waals surface area contributed by atoms with Gasteiger partial charge in [-0.15, -0.1) is 11.8 Å². The van der Waals surface area contributed by atoms with Crippen LogP contribution in [0.5, 0.6) is 0 Å². The molecule has 0 unspecified atom stereocenters. The molecule has 0 radical (unpaired) electrons. The minimum Gasteiger partial charge on any atom is -0.478 e. The molecular weight excluding hydrogens is 222 g/mol. The lowest BCUT2D eigenvalue weighted by molar-refractivity contribution is 0.0697. The topological polar surface area (TPSA) is 61.1 Å². The molecule has 0 fully saturated rings. The number of benzene rings is 1. The van der Waals surface area contributed by atoms with Crippen LogP contribution in [0.3, 0.4) is 0 Å². The Balaban J connectivity index is 3.39. The fraction of sp³-hybridized carbons (Fsp3) is 0.111. The number of hydrogen-bond donors (Lipinski definition) is 1. The van der Waals surface area contributed by atoms with E-state index in [4.69, 9.17) is 22.0 Å². The second kappa shape index (κ2) is 4.36. The lowest BCUT2D eigenvalue weighted by Gasteiger charge is -2.03. The first kappa shape index (κ1) is 10.9. The summed E-state index contributed by atoms with van der Waals surface area (Å²) in [5, 5.41) is 17.6. The molecule has 0 amide bonds. The van der Waals surface area contributed by atoms with Crippen molar-refractivity contribution in [2.45, 2.75) is 4.90 Å². The van der Waals surface area contributed by atoms with Crippen LogP contribution in [0.4, 0.5) is 0 Å². The van der Waals surface area contributed by atoms with E-state index in [-0.39, 0.29) is 10.6 Å². The van der Waals surface area contributed by atoms with Gasteiger partial charge in [-0.2, -0.15) is 5.26 Å². The van der Waals surface area contributed by atoms with E-state index in [1.165, 1.54) is 23.9 Å². The summed E-state index contributed by atoms with van der Waals surface area (Å²) in [7, 11) is 0. The summed E-state index contributed by atoms with van der Waals surface area (Å²) in [4.78, 5) is 11.3. The Bertz CT molecular complexity index is 426. The maximum absolute atomic E-state index is 10.7. The fourth-order valence-corrected chi connectivity index (χ4v) is 1.78. The third kappa shape index (κ3) is 2.00. The monoisotopic (exact) mass is 227 g/mol. The zero-order chi connectivity index (χ0) is 10.7. The van der Waals surface area contributed by atoms with Gasteiger partial charge in [0.2, 0.25) is 0 Å². The van der Waals surface area contributed by atoms with Crippen molar-refractivity contribution in [3.05, 3.63) is 28.3 Å². The molecule has 0 aromatic heterocycles. The molecule has 1 aromatic rings. The summed E-state index contributed by atoms with van der Waals surface area (Å²) in [6.07, 6.45) is 1.77. The Hall–Kier alpha value is -1.18. The summed E-state index contributed by atoms with van der Waals surface area (Å²) in [5.74, 6) is -1.09. The van der Waals surface area contributed by atoms with Crippen LogP contribution in [0.25, 0.3) is 0 Å². The first-order valence-corrected chi connectivity index (χ1v) is 5.21. The molecular formula is C9H6ClNO2S. The van der Waals surface area contributed by atoms with E-state index in [9.17, 15) is 4.79 Å². The number of aromatic carboxylic acids is 1. The molecule has 0 saturated carbocycles. The molecule has 72 valence electrons. The molecule has 0 aliphatic carbocycles. The standard InChI is InChI=1S/C9H6ClNO2S/c1-14-8-3-6(9(12)13)7(10)2-5(8)4-11/h2-3H,1H3,(H,12,13). The second-order valence-corrected chi connectivity index (χ2v) is 3.70. The van der Waals surface area contributed by atoms with Crippen LogP contribution in [-0.4, -0.2) is 17.3 Å². The number of carboxylic acid groups (broad SMARTS) is 1. The predicted octanol–water partition coefficient (Wildman–Crippen LogP) is 2.63. The molecule has 0 saturated heterocycles. The van der Waals surface area contributed by atoms with E-state index in [1.54, 1.807) is 6.26 Å². The Morgan fingerprint density at radius 1 is 1.64 bits per heavy atom. The molecule has 0 atom stereocenters. The number of carboxylic acids is 1. The second-order valence-electron chi connectivity index (χ2n) is 2.45. The number of halogens is 1.